The van der Waals surface area contributed by atoms with E-state index in [1.54, 1.807) is 0 Å². The number of anilines is 4. The Kier molecular flexibility index (Phi) is 5.43. The van der Waals surface area contributed by atoms with Gasteiger partial charge in [-0.15, -0.1) is 0 Å². The number of nitrogens with two attached hydrogens (primary N) is 1. The number of rotatable bonds is 7. The topological polar surface area (TPSA) is 81.8 Å². The Hall–Kier alpha value is -2.24. The third-order valence-electron chi connectivity index (χ3n) is 3.15. The fraction of sp³-hybridized carbons (Fsp3) is 0.250. The Bertz CT molecular complexity index is 552. The molecule has 0 saturated carbocycles. The summed E-state index contributed by atoms with van der Waals surface area (Å²) in [6.07, 6.45) is 0. The van der Waals surface area contributed by atoms with E-state index in [1.807, 2.05) is 53.4 Å². The Labute approximate surface area is 124 Å². The quantitative estimate of drug-likeness (QED) is 0.584. The summed E-state index contributed by atoms with van der Waals surface area (Å²) in [5.74, 6) is 0. The van der Waals surface area contributed by atoms with Gasteiger partial charge in [0.15, 0.2) is 0 Å². The van der Waals surface area contributed by atoms with Gasteiger partial charge >= 0.3 is 0 Å². The molecule has 112 valence electrons. The molecule has 0 fully saturated rings. The summed E-state index contributed by atoms with van der Waals surface area (Å²) in [5.41, 5.74) is 9.33. The molecule has 0 amide bonds. The molecule has 0 unspecified atom stereocenters. The molecule has 0 radical (unpaired) electrons. The van der Waals surface area contributed by atoms with Gasteiger partial charge in [-0.2, -0.15) is 0 Å². The molecule has 2 aromatic rings. The normalized spacial score (nSPS) is 10.4. The molecule has 0 aromatic heterocycles. The molecule has 0 saturated heterocycles. The summed E-state index contributed by atoms with van der Waals surface area (Å²) in [7, 11) is 0. The summed E-state index contributed by atoms with van der Waals surface area (Å²) >= 11 is 0. The summed E-state index contributed by atoms with van der Waals surface area (Å²) in [6.45, 7) is 1.12. The number of nitrogens with zero attached hydrogens (tertiary/aromatic N) is 1. The second kappa shape index (κ2) is 7.52. The fourth-order valence-electron chi connectivity index (χ4n) is 2.15. The average Bonchev–Trinajstić information content (AvgIpc) is 2.48. The first kappa shape index (κ1) is 15.2. The third kappa shape index (κ3) is 4.37. The molecule has 5 heteroatoms. The highest BCUT2D eigenvalue weighted by atomic mass is 16.3. The van der Waals surface area contributed by atoms with Crippen molar-refractivity contribution in [1.29, 1.82) is 0 Å². The van der Waals surface area contributed by atoms with E-state index < -0.39 is 0 Å². The maximum Gasteiger partial charge on any atom is 0.0606 e. The maximum absolute atomic E-state index is 9.05. The number of aliphatic hydroxyl groups is 2. The minimum atomic E-state index is 0.0588. The monoisotopic (exact) mass is 287 g/mol. The van der Waals surface area contributed by atoms with Gasteiger partial charge in [0.1, 0.15) is 0 Å². The standard InChI is InChI=1S/C16H21N3O2/c17-13-2-1-3-15(12-13)18-14-4-6-16(7-5-14)19(8-10-20)9-11-21/h1-7,12,18,20-21H,8-11,17H2. The van der Waals surface area contributed by atoms with Gasteiger partial charge in [0.2, 0.25) is 0 Å². The van der Waals surface area contributed by atoms with Gasteiger partial charge < -0.3 is 26.2 Å². The van der Waals surface area contributed by atoms with E-state index in [0.29, 0.717) is 18.8 Å². The van der Waals surface area contributed by atoms with Gasteiger partial charge in [0.25, 0.3) is 0 Å². The Morgan fingerprint density at radius 2 is 1.57 bits per heavy atom. The van der Waals surface area contributed by atoms with Crippen molar-refractivity contribution < 1.29 is 10.2 Å². The zero-order valence-corrected chi connectivity index (χ0v) is 11.9. The molecular formula is C16H21N3O2. The van der Waals surface area contributed by atoms with Crippen molar-refractivity contribution in [2.45, 2.75) is 0 Å². The zero-order valence-electron chi connectivity index (χ0n) is 11.9. The third-order valence-corrected chi connectivity index (χ3v) is 3.15. The molecule has 21 heavy (non-hydrogen) atoms. The lowest BCUT2D eigenvalue weighted by Crippen LogP contribution is -2.29. The van der Waals surface area contributed by atoms with E-state index >= 15 is 0 Å². The van der Waals surface area contributed by atoms with Gasteiger partial charge in [-0.3, -0.25) is 0 Å². The number of nitrogen functional groups attached to an aromatic ring is 1. The molecular weight excluding hydrogens is 266 g/mol. The van der Waals surface area contributed by atoms with Crippen LogP contribution in [-0.4, -0.2) is 36.5 Å². The van der Waals surface area contributed by atoms with Gasteiger partial charge in [-0.05, 0) is 42.5 Å². The van der Waals surface area contributed by atoms with E-state index in [0.717, 1.165) is 17.1 Å². The van der Waals surface area contributed by atoms with Crippen molar-refractivity contribution in [3.05, 3.63) is 48.5 Å². The van der Waals surface area contributed by atoms with Crippen LogP contribution in [0.25, 0.3) is 0 Å². The number of hydrogen-bond donors (Lipinski definition) is 4. The van der Waals surface area contributed by atoms with Crippen LogP contribution in [0, 0.1) is 0 Å². The number of hydrogen-bond acceptors (Lipinski definition) is 5. The summed E-state index contributed by atoms with van der Waals surface area (Å²) < 4.78 is 0. The van der Waals surface area contributed by atoms with Crippen LogP contribution in [0.5, 0.6) is 0 Å². The van der Waals surface area contributed by atoms with Crippen molar-refractivity contribution in [2.75, 3.05) is 42.3 Å². The first-order valence-corrected chi connectivity index (χ1v) is 6.92. The fourth-order valence-corrected chi connectivity index (χ4v) is 2.15. The SMILES string of the molecule is Nc1cccc(Nc2ccc(N(CCO)CCO)cc2)c1. The maximum atomic E-state index is 9.05. The van der Waals surface area contributed by atoms with E-state index in [4.69, 9.17) is 15.9 Å². The van der Waals surface area contributed by atoms with Gasteiger partial charge in [-0.1, -0.05) is 6.07 Å². The molecule has 0 aliphatic rings. The minimum absolute atomic E-state index is 0.0588. The molecule has 0 aliphatic carbocycles. The van der Waals surface area contributed by atoms with Crippen molar-refractivity contribution in [2.24, 2.45) is 0 Å². The molecule has 2 rings (SSSR count). The molecule has 2 aromatic carbocycles. The second-order valence-electron chi connectivity index (χ2n) is 4.73. The lowest BCUT2D eigenvalue weighted by molar-refractivity contribution is 0.281. The predicted octanol–water partition coefficient (Wildman–Crippen LogP) is 1.80. The van der Waals surface area contributed by atoms with Gasteiger partial charge in [-0.25, -0.2) is 0 Å². The predicted molar refractivity (Wildman–Crippen MR) is 87.0 cm³/mol. The van der Waals surface area contributed by atoms with Crippen molar-refractivity contribution in [3.8, 4) is 0 Å². The van der Waals surface area contributed by atoms with Crippen molar-refractivity contribution in [1.82, 2.24) is 0 Å². The smallest absolute Gasteiger partial charge is 0.0606 e. The summed E-state index contributed by atoms with van der Waals surface area (Å²) in [6, 6.07) is 15.4. The first-order valence-electron chi connectivity index (χ1n) is 6.92. The Morgan fingerprint density at radius 3 is 2.14 bits per heavy atom. The highest BCUT2D eigenvalue weighted by Gasteiger charge is 2.05. The molecule has 0 bridgehead atoms. The molecule has 0 heterocycles. The van der Waals surface area contributed by atoms with Crippen molar-refractivity contribution in [3.63, 3.8) is 0 Å². The lowest BCUT2D eigenvalue weighted by atomic mass is 10.2. The lowest BCUT2D eigenvalue weighted by Gasteiger charge is -2.23. The largest absolute Gasteiger partial charge is 0.399 e. The Balaban J connectivity index is 2.07. The molecule has 5 N–H and O–H groups in total. The highest BCUT2D eigenvalue weighted by Crippen LogP contribution is 2.22. The van der Waals surface area contributed by atoms with Crippen molar-refractivity contribution >= 4 is 22.7 Å². The van der Waals surface area contributed by atoms with Crippen LogP contribution < -0.4 is 16.0 Å². The summed E-state index contributed by atoms with van der Waals surface area (Å²) in [4.78, 5) is 1.93. The van der Waals surface area contributed by atoms with E-state index in [1.165, 1.54) is 0 Å². The van der Waals surface area contributed by atoms with Crippen LogP contribution in [0.1, 0.15) is 0 Å². The first-order chi connectivity index (χ1) is 10.2. The van der Waals surface area contributed by atoms with Crippen LogP contribution in [0.2, 0.25) is 0 Å². The highest BCUT2D eigenvalue weighted by molar-refractivity contribution is 5.65. The molecule has 0 spiro atoms. The summed E-state index contributed by atoms with van der Waals surface area (Å²) in [5, 5.41) is 21.4. The van der Waals surface area contributed by atoms with Crippen LogP contribution in [0.15, 0.2) is 48.5 Å². The van der Waals surface area contributed by atoms with Crippen LogP contribution >= 0.6 is 0 Å². The minimum Gasteiger partial charge on any atom is -0.399 e. The van der Waals surface area contributed by atoms with E-state index in [9.17, 15) is 0 Å². The van der Waals surface area contributed by atoms with Crippen LogP contribution in [0.4, 0.5) is 22.7 Å². The molecule has 0 aliphatic heterocycles. The number of aliphatic hydroxyl groups excluding tert-OH is 2. The van der Waals surface area contributed by atoms with Gasteiger partial charge in [0.05, 0.1) is 13.2 Å². The molecule has 0 atom stereocenters. The zero-order chi connectivity index (χ0) is 15.1. The van der Waals surface area contributed by atoms with Gasteiger partial charge in [0, 0.05) is 35.8 Å². The van der Waals surface area contributed by atoms with E-state index in [2.05, 4.69) is 5.32 Å². The van der Waals surface area contributed by atoms with E-state index in [-0.39, 0.29) is 13.2 Å². The van der Waals surface area contributed by atoms with Crippen LogP contribution in [-0.2, 0) is 0 Å². The molecule has 5 nitrogen and oxygen atoms in total. The average molecular weight is 287 g/mol. The Morgan fingerprint density at radius 1 is 0.905 bits per heavy atom. The second-order valence-corrected chi connectivity index (χ2v) is 4.73. The number of benzene rings is 2. The van der Waals surface area contributed by atoms with Crippen LogP contribution in [0.3, 0.4) is 0 Å². The number of nitrogens with one attached hydrogen (secondary N) is 1.